The molecule has 0 bridgehead atoms. The van der Waals surface area contributed by atoms with E-state index in [1.165, 1.54) is 6.92 Å². The van der Waals surface area contributed by atoms with E-state index in [1.54, 1.807) is 36.4 Å². The van der Waals surface area contributed by atoms with Crippen molar-refractivity contribution < 1.29 is 19.1 Å². The highest BCUT2D eigenvalue weighted by Crippen LogP contribution is 2.44. The largest absolute Gasteiger partial charge is 0.457 e. The lowest BCUT2D eigenvalue weighted by atomic mass is 9.88. The summed E-state index contributed by atoms with van der Waals surface area (Å²) in [5, 5.41) is 11.7. The molecule has 0 saturated heterocycles. The van der Waals surface area contributed by atoms with Gasteiger partial charge in [0, 0.05) is 16.8 Å². The molecule has 1 N–H and O–H groups in total. The number of benzene rings is 3. The Labute approximate surface area is 173 Å². The van der Waals surface area contributed by atoms with Crippen molar-refractivity contribution >= 4 is 17.6 Å². The van der Waals surface area contributed by atoms with Crippen molar-refractivity contribution in [1.82, 2.24) is 0 Å². The molecule has 0 aromatic heterocycles. The van der Waals surface area contributed by atoms with Gasteiger partial charge in [0.05, 0.1) is 11.6 Å². The number of nitrogens with zero attached hydrogens (tertiary/aromatic N) is 1. The van der Waals surface area contributed by atoms with Crippen LogP contribution in [0.3, 0.4) is 0 Å². The third-order valence-corrected chi connectivity index (χ3v) is 4.84. The molecule has 3 aromatic rings. The van der Waals surface area contributed by atoms with Crippen LogP contribution in [0.25, 0.3) is 0 Å². The van der Waals surface area contributed by atoms with Crippen molar-refractivity contribution in [2.45, 2.75) is 18.9 Å². The van der Waals surface area contributed by atoms with E-state index in [9.17, 15) is 9.59 Å². The predicted octanol–water partition coefficient (Wildman–Crippen LogP) is 4.37. The van der Waals surface area contributed by atoms with E-state index in [4.69, 9.17) is 14.7 Å². The Morgan fingerprint density at radius 3 is 2.27 bits per heavy atom. The summed E-state index contributed by atoms with van der Waals surface area (Å²) in [4.78, 5) is 25.6. The fourth-order valence-corrected chi connectivity index (χ4v) is 3.37. The van der Waals surface area contributed by atoms with Gasteiger partial charge in [-0.15, -0.1) is 0 Å². The molecule has 1 amide bonds. The SMILES string of the molecule is C[C@@H](OC(=O)C1c2ccccc2Oc2ccccc21)C(=O)Nc1cccc(C#N)c1. The Morgan fingerprint density at radius 1 is 1.00 bits per heavy atom. The van der Waals surface area contributed by atoms with Gasteiger partial charge in [-0.25, -0.2) is 0 Å². The number of nitriles is 1. The summed E-state index contributed by atoms with van der Waals surface area (Å²) < 4.78 is 11.4. The second-order valence-corrected chi connectivity index (χ2v) is 6.87. The Morgan fingerprint density at radius 2 is 1.63 bits per heavy atom. The van der Waals surface area contributed by atoms with Crippen molar-refractivity contribution in [2.24, 2.45) is 0 Å². The minimum Gasteiger partial charge on any atom is -0.457 e. The van der Waals surface area contributed by atoms with Gasteiger partial charge >= 0.3 is 5.97 Å². The zero-order valence-corrected chi connectivity index (χ0v) is 16.2. The normalized spacial score (nSPS) is 13.1. The summed E-state index contributed by atoms with van der Waals surface area (Å²) in [6.45, 7) is 1.51. The lowest BCUT2D eigenvalue weighted by Gasteiger charge is -2.27. The van der Waals surface area contributed by atoms with Gasteiger partial charge in [-0.05, 0) is 37.3 Å². The zero-order valence-electron chi connectivity index (χ0n) is 16.2. The number of carbonyl (C=O) groups excluding carboxylic acids is 2. The molecule has 30 heavy (non-hydrogen) atoms. The maximum Gasteiger partial charge on any atom is 0.318 e. The average molecular weight is 398 g/mol. The summed E-state index contributed by atoms with van der Waals surface area (Å²) in [5.41, 5.74) is 2.27. The molecule has 0 spiro atoms. The highest BCUT2D eigenvalue weighted by molar-refractivity contribution is 5.96. The highest BCUT2D eigenvalue weighted by atomic mass is 16.5. The molecule has 6 nitrogen and oxygen atoms in total. The number of fused-ring (bicyclic) bond motifs is 2. The molecule has 1 aliphatic rings. The monoisotopic (exact) mass is 398 g/mol. The molecule has 148 valence electrons. The number of hydrogen-bond donors (Lipinski definition) is 1. The van der Waals surface area contributed by atoms with Crippen LogP contribution in [0.4, 0.5) is 5.69 Å². The minimum atomic E-state index is -1.02. The Hall–Kier alpha value is -4.11. The van der Waals surface area contributed by atoms with Gasteiger partial charge in [0.1, 0.15) is 17.4 Å². The molecule has 1 aliphatic heterocycles. The number of para-hydroxylation sites is 2. The third-order valence-electron chi connectivity index (χ3n) is 4.84. The van der Waals surface area contributed by atoms with Crippen LogP contribution in [-0.2, 0) is 14.3 Å². The van der Waals surface area contributed by atoms with E-state index in [0.717, 1.165) is 0 Å². The molecule has 6 heteroatoms. The number of nitrogens with one attached hydrogen (secondary N) is 1. The first kappa shape index (κ1) is 19.2. The molecular formula is C24H18N2O4. The van der Waals surface area contributed by atoms with E-state index in [1.807, 2.05) is 42.5 Å². The molecule has 3 aromatic carbocycles. The molecule has 0 unspecified atom stereocenters. The highest BCUT2D eigenvalue weighted by Gasteiger charge is 2.35. The van der Waals surface area contributed by atoms with Gasteiger partial charge < -0.3 is 14.8 Å². The first-order valence-corrected chi connectivity index (χ1v) is 9.44. The second kappa shape index (κ2) is 8.10. The summed E-state index contributed by atoms with van der Waals surface area (Å²) in [6.07, 6.45) is -1.02. The summed E-state index contributed by atoms with van der Waals surface area (Å²) >= 11 is 0. The molecule has 1 atom stereocenters. The van der Waals surface area contributed by atoms with Crippen molar-refractivity contribution in [3.8, 4) is 17.6 Å². The maximum absolute atomic E-state index is 13.1. The van der Waals surface area contributed by atoms with Gasteiger partial charge in [0.25, 0.3) is 5.91 Å². The number of carbonyl (C=O) groups is 2. The first-order valence-electron chi connectivity index (χ1n) is 9.44. The van der Waals surface area contributed by atoms with Crippen LogP contribution in [-0.4, -0.2) is 18.0 Å². The number of hydrogen-bond acceptors (Lipinski definition) is 5. The fraction of sp³-hybridized carbons (Fsp3) is 0.125. The van der Waals surface area contributed by atoms with Crippen molar-refractivity contribution in [1.29, 1.82) is 5.26 Å². The van der Waals surface area contributed by atoms with Crippen LogP contribution in [0, 0.1) is 11.3 Å². The molecule has 0 saturated carbocycles. The summed E-state index contributed by atoms with van der Waals surface area (Å²) in [6, 6.07) is 23.1. The van der Waals surface area contributed by atoms with Crippen LogP contribution in [0.15, 0.2) is 72.8 Å². The van der Waals surface area contributed by atoms with Crippen LogP contribution in [0.1, 0.15) is 29.5 Å². The lowest BCUT2D eigenvalue weighted by Crippen LogP contribution is -2.32. The quantitative estimate of drug-likeness (QED) is 0.660. The smallest absolute Gasteiger partial charge is 0.318 e. The number of esters is 1. The molecule has 0 radical (unpaired) electrons. The van der Waals surface area contributed by atoms with E-state index < -0.39 is 23.9 Å². The second-order valence-electron chi connectivity index (χ2n) is 6.87. The summed E-state index contributed by atoms with van der Waals surface area (Å²) in [7, 11) is 0. The van der Waals surface area contributed by atoms with Crippen molar-refractivity contribution in [3.63, 3.8) is 0 Å². The van der Waals surface area contributed by atoms with Crippen LogP contribution >= 0.6 is 0 Å². The Kier molecular flexibility index (Phi) is 5.19. The lowest BCUT2D eigenvalue weighted by molar-refractivity contribution is -0.153. The van der Waals surface area contributed by atoms with Gasteiger partial charge in [0.2, 0.25) is 0 Å². The van der Waals surface area contributed by atoms with Crippen LogP contribution in [0.2, 0.25) is 0 Å². The predicted molar refractivity (Wildman–Crippen MR) is 110 cm³/mol. The van der Waals surface area contributed by atoms with Crippen molar-refractivity contribution in [3.05, 3.63) is 89.5 Å². The number of ether oxygens (including phenoxy) is 2. The number of anilines is 1. The Bertz CT molecular complexity index is 1120. The zero-order chi connectivity index (χ0) is 21.1. The molecule has 0 aliphatic carbocycles. The summed E-state index contributed by atoms with van der Waals surface area (Å²) in [5.74, 6) is -0.533. The minimum absolute atomic E-state index is 0.424. The van der Waals surface area contributed by atoms with Crippen molar-refractivity contribution in [2.75, 3.05) is 5.32 Å². The van der Waals surface area contributed by atoms with Gasteiger partial charge in [-0.1, -0.05) is 42.5 Å². The van der Waals surface area contributed by atoms with Gasteiger partial charge in [-0.2, -0.15) is 5.26 Å². The number of amides is 1. The molecule has 1 heterocycles. The van der Waals surface area contributed by atoms with E-state index in [0.29, 0.717) is 33.9 Å². The van der Waals surface area contributed by atoms with Gasteiger partial charge in [-0.3, -0.25) is 9.59 Å². The van der Waals surface area contributed by atoms with E-state index in [-0.39, 0.29) is 0 Å². The standard InChI is InChI=1S/C24H18N2O4/c1-15(23(27)26-17-8-6-7-16(13-17)14-25)29-24(28)22-18-9-2-4-11-20(18)30-21-12-5-3-10-19(21)22/h2-13,15,22H,1H3,(H,26,27)/t15-/m1/s1. The van der Waals surface area contributed by atoms with E-state index in [2.05, 4.69) is 5.32 Å². The fourth-order valence-electron chi connectivity index (χ4n) is 3.37. The molecular weight excluding hydrogens is 380 g/mol. The Balaban J connectivity index is 1.54. The molecule has 4 rings (SSSR count). The molecule has 0 fully saturated rings. The van der Waals surface area contributed by atoms with Crippen LogP contribution < -0.4 is 10.1 Å². The average Bonchev–Trinajstić information content (AvgIpc) is 2.77. The first-order chi connectivity index (χ1) is 14.6. The van der Waals surface area contributed by atoms with Gasteiger partial charge in [0.15, 0.2) is 6.10 Å². The topological polar surface area (TPSA) is 88.4 Å². The van der Waals surface area contributed by atoms with Crippen LogP contribution in [0.5, 0.6) is 11.5 Å². The number of rotatable bonds is 4. The maximum atomic E-state index is 13.1. The third kappa shape index (κ3) is 3.74. The van der Waals surface area contributed by atoms with E-state index >= 15 is 0 Å².